The number of carbonyl (C=O) groups is 2. The van der Waals surface area contributed by atoms with Crippen LogP contribution in [0.1, 0.15) is 39.0 Å². The third-order valence-corrected chi connectivity index (χ3v) is 3.43. The number of esters is 1. The van der Waals surface area contributed by atoms with E-state index in [1.165, 1.54) is 7.11 Å². The highest BCUT2D eigenvalue weighted by Gasteiger charge is 2.37. The summed E-state index contributed by atoms with van der Waals surface area (Å²) in [7, 11) is 1.34. The minimum absolute atomic E-state index is 0. The molecule has 1 rings (SSSR count). The molecule has 0 aliphatic heterocycles. The van der Waals surface area contributed by atoms with Gasteiger partial charge in [-0.3, -0.25) is 9.59 Å². The summed E-state index contributed by atoms with van der Waals surface area (Å²) in [4.78, 5) is 22.8. The fourth-order valence-electron chi connectivity index (χ4n) is 2.30. The summed E-state index contributed by atoms with van der Waals surface area (Å²) in [6.45, 7) is 2.24. The number of rotatable bonds is 4. The fraction of sp³-hybridized carbons (Fsp3) is 0.833. The average Bonchev–Trinajstić information content (AvgIpc) is 2.27. The molecule has 2 unspecified atom stereocenters. The first-order chi connectivity index (χ1) is 7.97. The van der Waals surface area contributed by atoms with E-state index in [9.17, 15) is 9.59 Å². The van der Waals surface area contributed by atoms with E-state index in [0.717, 1.165) is 25.7 Å². The van der Waals surface area contributed by atoms with Crippen LogP contribution in [-0.4, -0.2) is 31.1 Å². The van der Waals surface area contributed by atoms with Gasteiger partial charge in [0, 0.05) is 12.1 Å². The number of hydrogen-bond acceptors (Lipinski definition) is 4. The molecule has 106 valence electrons. The first-order valence-electron chi connectivity index (χ1n) is 6.11. The average molecular weight is 279 g/mol. The topological polar surface area (TPSA) is 81.4 Å². The number of amides is 1. The summed E-state index contributed by atoms with van der Waals surface area (Å²) >= 11 is 0. The van der Waals surface area contributed by atoms with Crippen molar-refractivity contribution in [3.8, 4) is 0 Å². The zero-order chi connectivity index (χ0) is 12.9. The van der Waals surface area contributed by atoms with Crippen molar-refractivity contribution in [3.63, 3.8) is 0 Å². The molecular weight excluding hydrogens is 256 g/mol. The van der Waals surface area contributed by atoms with Crippen LogP contribution in [0.25, 0.3) is 0 Å². The molecule has 3 N–H and O–H groups in total. The molecule has 1 fully saturated rings. The van der Waals surface area contributed by atoms with Gasteiger partial charge in [-0.2, -0.15) is 0 Å². The largest absolute Gasteiger partial charge is 0.469 e. The molecule has 0 aromatic carbocycles. The molecule has 2 atom stereocenters. The quantitative estimate of drug-likeness (QED) is 0.752. The van der Waals surface area contributed by atoms with E-state index in [2.05, 4.69) is 10.1 Å². The van der Waals surface area contributed by atoms with Crippen molar-refractivity contribution in [1.82, 2.24) is 5.32 Å². The van der Waals surface area contributed by atoms with Crippen LogP contribution in [0.2, 0.25) is 0 Å². The van der Waals surface area contributed by atoms with Crippen LogP contribution < -0.4 is 11.1 Å². The SMILES string of the molecule is COC(=O)CCNC(=O)C1CCCCC1(C)N.Cl. The molecule has 0 aromatic rings. The summed E-state index contributed by atoms with van der Waals surface area (Å²) in [5.74, 6) is -0.503. The Morgan fingerprint density at radius 3 is 2.67 bits per heavy atom. The van der Waals surface area contributed by atoms with E-state index in [-0.39, 0.29) is 36.6 Å². The third-order valence-electron chi connectivity index (χ3n) is 3.43. The molecule has 1 aliphatic rings. The molecule has 1 saturated carbocycles. The molecule has 0 radical (unpaired) electrons. The first-order valence-corrected chi connectivity index (χ1v) is 6.11. The van der Waals surface area contributed by atoms with Crippen LogP contribution in [0.5, 0.6) is 0 Å². The van der Waals surface area contributed by atoms with Crippen molar-refractivity contribution >= 4 is 24.3 Å². The van der Waals surface area contributed by atoms with Crippen LogP contribution in [-0.2, 0) is 14.3 Å². The molecule has 0 spiro atoms. The molecule has 1 amide bonds. The molecular formula is C12H23ClN2O3. The molecule has 6 heteroatoms. The van der Waals surface area contributed by atoms with Gasteiger partial charge in [-0.05, 0) is 19.8 Å². The van der Waals surface area contributed by atoms with Gasteiger partial charge >= 0.3 is 5.97 Å². The molecule has 0 aromatic heterocycles. The van der Waals surface area contributed by atoms with E-state index in [0.29, 0.717) is 6.54 Å². The van der Waals surface area contributed by atoms with Crippen LogP contribution in [0.15, 0.2) is 0 Å². The first kappa shape index (κ1) is 17.2. The monoisotopic (exact) mass is 278 g/mol. The summed E-state index contributed by atoms with van der Waals surface area (Å²) in [6.07, 6.45) is 4.04. The number of ether oxygens (including phenoxy) is 1. The number of carbonyl (C=O) groups excluding carboxylic acids is 2. The summed E-state index contributed by atoms with van der Waals surface area (Å²) in [5.41, 5.74) is 5.71. The minimum atomic E-state index is -0.423. The standard InChI is InChI=1S/C12H22N2O3.ClH/c1-12(13)7-4-3-5-9(12)11(16)14-8-6-10(15)17-2;/h9H,3-8,13H2,1-2H3,(H,14,16);1H. The second-order valence-electron chi connectivity index (χ2n) is 4.92. The second-order valence-corrected chi connectivity index (χ2v) is 4.92. The van der Waals surface area contributed by atoms with Crippen molar-refractivity contribution in [2.45, 2.75) is 44.6 Å². The zero-order valence-corrected chi connectivity index (χ0v) is 11.8. The lowest BCUT2D eigenvalue weighted by molar-refractivity contribution is -0.140. The van der Waals surface area contributed by atoms with Crippen molar-refractivity contribution in [2.24, 2.45) is 11.7 Å². The Morgan fingerprint density at radius 1 is 1.44 bits per heavy atom. The summed E-state index contributed by atoms with van der Waals surface area (Å²) < 4.78 is 4.50. The minimum Gasteiger partial charge on any atom is -0.469 e. The lowest BCUT2D eigenvalue weighted by Gasteiger charge is -2.37. The maximum absolute atomic E-state index is 11.9. The lowest BCUT2D eigenvalue weighted by atomic mass is 9.74. The smallest absolute Gasteiger partial charge is 0.307 e. The maximum atomic E-state index is 11.9. The van der Waals surface area contributed by atoms with Crippen LogP contribution in [0.3, 0.4) is 0 Å². The predicted octanol–water partition coefficient (Wildman–Crippen LogP) is 0.995. The van der Waals surface area contributed by atoms with Crippen LogP contribution in [0, 0.1) is 5.92 Å². The van der Waals surface area contributed by atoms with Gasteiger partial charge in [0.25, 0.3) is 0 Å². The van der Waals surface area contributed by atoms with Gasteiger partial charge in [-0.25, -0.2) is 0 Å². The van der Waals surface area contributed by atoms with Gasteiger partial charge in [0.2, 0.25) is 5.91 Å². The van der Waals surface area contributed by atoms with Gasteiger partial charge in [0.15, 0.2) is 0 Å². The molecule has 5 nitrogen and oxygen atoms in total. The van der Waals surface area contributed by atoms with Crippen molar-refractivity contribution in [2.75, 3.05) is 13.7 Å². The van der Waals surface area contributed by atoms with Gasteiger partial charge in [-0.1, -0.05) is 12.8 Å². The van der Waals surface area contributed by atoms with Gasteiger partial charge in [-0.15, -0.1) is 12.4 Å². The van der Waals surface area contributed by atoms with Crippen LogP contribution in [0.4, 0.5) is 0 Å². The Labute approximate surface area is 114 Å². The molecule has 18 heavy (non-hydrogen) atoms. The Hall–Kier alpha value is -0.810. The van der Waals surface area contributed by atoms with E-state index in [4.69, 9.17) is 5.73 Å². The van der Waals surface area contributed by atoms with Gasteiger partial charge < -0.3 is 15.8 Å². The maximum Gasteiger partial charge on any atom is 0.307 e. The zero-order valence-electron chi connectivity index (χ0n) is 11.0. The van der Waals surface area contributed by atoms with Gasteiger partial charge in [0.1, 0.15) is 0 Å². The summed E-state index contributed by atoms with van der Waals surface area (Å²) in [5, 5.41) is 2.75. The van der Waals surface area contributed by atoms with Crippen molar-refractivity contribution < 1.29 is 14.3 Å². The van der Waals surface area contributed by atoms with E-state index >= 15 is 0 Å². The van der Waals surface area contributed by atoms with Crippen molar-refractivity contribution in [3.05, 3.63) is 0 Å². The third kappa shape index (κ3) is 4.82. The Kier molecular flexibility index (Phi) is 7.25. The predicted molar refractivity (Wildman–Crippen MR) is 71.4 cm³/mol. The highest BCUT2D eigenvalue weighted by molar-refractivity contribution is 5.85. The number of nitrogens with one attached hydrogen (secondary N) is 1. The number of methoxy groups -OCH3 is 1. The van der Waals surface area contributed by atoms with Crippen LogP contribution >= 0.6 is 12.4 Å². The normalized spacial score (nSPS) is 26.9. The Morgan fingerprint density at radius 2 is 2.11 bits per heavy atom. The molecule has 0 heterocycles. The van der Waals surface area contributed by atoms with E-state index < -0.39 is 5.54 Å². The number of hydrogen-bond donors (Lipinski definition) is 2. The lowest BCUT2D eigenvalue weighted by Crippen LogP contribution is -2.53. The molecule has 0 saturated heterocycles. The summed E-state index contributed by atoms with van der Waals surface area (Å²) in [6, 6.07) is 0. The van der Waals surface area contributed by atoms with E-state index in [1.807, 2.05) is 6.92 Å². The highest BCUT2D eigenvalue weighted by Crippen LogP contribution is 2.31. The Bertz CT molecular complexity index is 295. The Balaban J connectivity index is 0.00000289. The highest BCUT2D eigenvalue weighted by atomic mass is 35.5. The van der Waals surface area contributed by atoms with E-state index in [1.54, 1.807) is 0 Å². The molecule has 0 bridgehead atoms. The molecule has 1 aliphatic carbocycles. The van der Waals surface area contributed by atoms with Crippen molar-refractivity contribution in [1.29, 1.82) is 0 Å². The fourth-order valence-corrected chi connectivity index (χ4v) is 2.30. The van der Waals surface area contributed by atoms with Gasteiger partial charge in [0.05, 0.1) is 19.4 Å². The second kappa shape index (κ2) is 7.59. The number of nitrogens with two attached hydrogens (primary N) is 1. The number of halogens is 1.